The second-order valence-electron chi connectivity index (χ2n) is 5.31. The highest BCUT2D eigenvalue weighted by molar-refractivity contribution is 5.37. The van der Waals surface area contributed by atoms with Gasteiger partial charge in [-0.1, -0.05) is 18.2 Å². The number of nitrogens with zero attached hydrogens (tertiary/aromatic N) is 1. The molecule has 1 aromatic rings. The van der Waals surface area contributed by atoms with Crippen molar-refractivity contribution in [3.8, 4) is 0 Å². The molecular formula is C15H22N2. The summed E-state index contributed by atoms with van der Waals surface area (Å²) in [5, 5.41) is 3.45. The lowest BCUT2D eigenvalue weighted by Crippen LogP contribution is -2.20. The largest absolute Gasteiger partial charge is 0.309 e. The van der Waals surface area contributed by atoms with Crippen LogP contribution in [0.25, 0.3) is 0 Å². The number of hydrogen-bond donors (Lipinski definition) is 1. The Hall–Kier alpha value is -0.860. The summed E-state index contributed by atoms with van der Waals surface area (Å²) in [5.74, 6) is 0. The maximum atomic E-state index is 3.45. The third kappa shape index (κ3) is 2.53. The lowest BCUT2D eigenvalue weighted by Gasteiger charge is -2.14. The van der Waals surface area contributed by atoms with Gasteiger partial charge in [-0.2, -0.15) is 0 Å². The lowest BCUT2D eigenvalue weighted by molar-refractivity contribution is 0.334. The quantitative estimate of drug-likeness (QED) is 0.854. The van der Waals surface area contributed by atoms with Crippen molar-refractivity contribution in [1.29, 1.82) is 0 Å². The number of benzene rings is 1. The SMILES string of the molecule is c1cc(CCCN2CCCC2)c2c(c1)CNC2. The van der Waals surface area contributed by atoms with E-state index in [0.29, 0.717) is 0 Å². The van der Waals surface area contributed by atoms with Crippen LogP contribution in [0.2, 0.25) is 0 Å². The summed E-state index contributed by atoms with van der Waals surface area (Å²) in [6.45, 7) is 6.09. The van der Waals surface area contributed by atoms with Crippen molar-refractivity contribution in [3.63, 3.8) is 0 Å². The highest BCUT2D eigenvalue weighted by Gasteiger charge is 2.14. The highest BCUT2D eigenvalue weighted by atomic mass is 15.1. The molecule has 0 aliphatic carbocycles. The topological polar surface area (TPSA) is 15.3 Å². The zero-order valence-electron chi connectivity index (χ0n) is 10.5. The monoisotopic (exact) mass is 230 g/mol. The van der Waals surface area contributed by atoms with Crippen molar-refractivity contribution < 1.29 is 0 Å². The van der Waals surface area contributed by atoms with Crippen molar-refractivity contribution in [1.82, 2.24) is 10.2 Å². The molecule has 1 aromatic carbocycles. The molecule has 0 aromatic heterocycles. The number of likely N-dealkylation sites (tertiary alicyclic amines) is 1. The summed E-state index contributed by atoms with van der Waals surface area (Å²) in [6, 6.07) is 6.80. The van der Waals surface area contributed by atoms with Gasteiger partial charge in [0.2, 0.25) is 0 Å². The number of aryl methyl sites for hydroxylation is 1. The number of rotatable bonds is 4. The first kappa shape index (κ1) is 11.2. The van der Waals surface area contributed by atoms with Gasteiger partial charge in [-0.3, -0.25) is 0 Å². The van der Waals surface area contributed by atoms with Crippen LogP contribution in [0.5, 0.6) is 0 Å². The summed E-state index contributed by atoms with van der Waals surface area (Å²) < 4.78 is 0. The van der Waals surface area contributed by atoms with Crippen molar-refractivity contribution in [2.75, 3.05) is 19.6 Å². The van der Waals surface area contributed by atoms with Crippen LogP contribution in [0, 0.1) is 0 Å². The first-order chi connectivity index (χ1) is 8.43. The Morgan fingerprint density at radius 3 is 2.88 bits per heavy atom. The molecule has 0 saturated carbocycles. The van der Waals surface area contributed by atoms with Crippen LogP contribution in [0.4, 0.5) is 0 Å². The minimum absolute atomic E-state index is 1.06. The molecule has 3 rings (SSSR count). The molecule has 2 aliphatic heterocycles. The molecule has 0 bridgehead atoms. The van der Waals surface area contributed by atoms with Crippen LogP contribution in [-0.4, -0.2) is 24.5 Å². The molecule has 92 valence electrons. The highest BCUT2D eigenvalue weighted by Crippen LogP contribution is 2.21. The van der Waals surface area contributed by atoms with E-state index < -0.39 is 0 Å². The second-order valence-corrected chi connectivity index (χ2v) is 5.31. The minimum atomic E-state index is 1.06. The van der Waals surface area contributed by atoms with Crippen LogP contribution >= 0.6 is 0 Å². The Labute approximate surface area is 104 Å². The molecule has 0 radical (unpaired) electrons. The predicted octanol–water partition coefficient (Wildman–Crippen LogP) is 2.32. The van der Waals surface area contributed by atoms with E-state index >= 15 is 0 Å². The average molecular weight is 230 g/mol. The predicted molar refractivity (Wildman–Crippen MR) is 71.0 cm³/mol. The standard InChI is InChI=1S/C15H22N2/c1-2-9-17(8-1)10-4-7-13-5-3-6-14-11-16-12-15(13)14/h3,5-6,16H,1-2,4,7-12H2. The van der Waals surface area contributed by atoms with E-state index in [1.165, 1.54) is 50.9 Å². The zero-order valence-corrected chi connectivity index (χ0v) is 10.5. The molecule has 1 saturated heterocycles. The fraction of sp³-hybridized carbons (Fsp3) is 0.600. The Morgan fingerprint density at radius 1 is 1.12 bits per heavy atom. The summed E-state index contributed by atoms with van der Waals surface area (Å²) in [4.78, 5) is 2.61. The van der Waals surface area contributed by atoms with Gasteiger partial charge in [0.05, 0.1) is 0 Å². The molecule has 1 fully saturated rings. The normalized spacial score (nSPS) is 19.8. The third-order valence-electron chi connectivity index (χ3n) is 4.11. The van der Waals surface area contributed by atoms with Crippen molar-refractivity contribution in [3.05, 3.63) is 34.9 Å². The Bertz CT molecular complexity index is 381. The van der Waals surface area contributed by atoms with Gasteiger partial charge in [-0.25, -0.2) is 0 Å². The van der Waals surface area contributed by atoms with E-state index in [0.717, 1.165) is 13.1 Å². The van der Waals surface area contributed by atoms with E-state index in [1.807, 2.05) is 0 Å². The molecule has 2 aliphatic rings. The van der Waals surface area contributed by atoms with Gasteiger partial charge in [0, 0.05) is 13.1 Å². The van der Waals surface area contributed by atoms with E-state index in [4.69, 9.17) is 0 Å². The molecule has 0 atom stereocenters. The first-order valence-electron chi connectivity index (χ1n) is 6.96. The van der Waals surface area contributed by atoms with Crippen LogP contribution in [0.1, 0.15) is 36.0 Å². The molecule has 0 amide bonds. The summed E-state index contributed by atoms with van der Waals surface area (Å²) >= 11 is 0. The molecule has 1 N–H and O–H groups in total. The van der Waals surface area contributed by atoms with E-state index in [2.05, 4.69) is 28.4 Å². The zero-order chi connectivity index (χ0) is 11.5. The summed E-state index contributed by atoms with van der Waals surface area (Å²) in [5.41, 5.74) is 4.67. The number of hydrogen-bond acceptors (Lipinski definition) is 2. The molecule has 0 spiro atoms. The van der Waals surface area contributed by atoms with Gasteiger partial charge >= 0.3 is 0 Å². The summed E-state index contributed by atoms with van der Waals surface area (Å²) in [6.07, 6.45) is 5.38. The first-order valence-corrected chi connectivity index (χ1v) is 6.96. The van der Waals surface area contributed by atoms with Gasteiger partial charge < -0.3 is 10.2 Å². The van der Waals surface area contributed by atoms with E-state index in [1.54, 1.807) is 11.1 Å². The lowest BCUT2D eigenvalue weighted by atomic mass is 10.00. The maximum absolute atomic E-state index is 3.45. The fourth-order valence-electron chi connectivity index (χ4n) is 3.14. The summed E-state index contributed by atoms with van der Waals surface area (Å²) in [7, 11) is 0. The van der Waals surface area contributed by atoms with Crippen molar-refractivity contribution in [2.24, 2.45) is 0 Å². The Kier molecular flexibility index (Phi) is 3.44. The van der Waals surface area contributed by atoms with Gasteiger partial charge in [0.25, 0.3) is 0 Å². The van der Waals surface area contributed by atoms with Crippen LogP contribution in [0.3, 0.4) is 0 Å². The second kappa shape index (κ2) is 5.19. The van der Waals surface area contributed by atoms with Crippen LogP contribution < -0.4 is 5.32 Å². The molecule has 17 heavy (non-hydrogen) atoms. The fourth-order valence-corrected chi connectivity index (χ4v) is 3.14. The van der Waals surface area contributed by atoms with Crippen LogP contribution in [-0.2, 0) is 19.5 Å². The molecule has 2 heteroatoms. The Balaban J connectivity index is 1.56. The molecule has 0 unspecified atom stereocenters. The van der Waals surface area contributed by atoms with Gasteiger partial charge in [-0.15, -0.1) is 0 Å². The van der Waals surface area contributed by atoms with Gasteiger partial charge in [-0.05, 0) is 62.0 Å². The molecule has 2 heterocycles. The van der Waals surface area contributed by atoms with Gasteiger partial charge in [0.1, 0.15) is 0 Å². The van der Waals surface area contributed by atoms with E-state index in [-0.39, 0.29) is 0 Å². The Morgan fingerprint density at radius 2 is 2.00 bits per heavy atom. The van der Waals surface area contributed by atoms with Crippen molar-refractivity contribution >= 4 is 0 Å². The smallest absolute Gasteiger partial charge is 0.0214 e. The van der Waals surface area contributed by atoms with E-state index in [9.17, 15) is 0 Å². The maximum Gasteiger partial charge on any atom is 0.0214 e. The van der Waals surface area contributed by atoms with Crippen molar-refractivity contribution in [2.45, 2.75) is 38.8 Å². The average Bonchev–Trinajstić information content (AvgIpc) is 2.99. The molecule has 2 nitrogen and oxygen atoms in total. The number of fused-ring (bicyclic) bond motifs is 1. The third-order valence-corrected chi connectivity index (χ3v) is 4.11. The number of nitrogens with one attached hydrogen (secondary N) is 1. The van der Waals surface area contributed by atoms with Gasteiger partial charge in [0.15, 0.2) is 0 Å². The minimum Gasteiger partial charge on any atom is -0.309 e. The van der Waals surface area contributed by atoms with Crippen LogP contribution in [0.15, 0.2) is 18.2 Å². The molecular weight excluding hydrogens is 208 g/mol.